The molecule has 6 heteroatoms. The van der Waals surface area contributed by atoms with Gasteiger partial charge in [-0.25, -0.2) is 4.39 Å². The van der Waals surface area contributed by atoms with Crippen LogP contribution in [0.2, 0.25) is 0 Å². The predicted octanol–water partition coefficient (Wildman–Crippen LogP) is 4.10. The molecule has 2 aromatic carbocycles. The third-order valence-electron chi connectivity index (χ3n) is 4.22. The van der Waals surface area contributed by atoms with Gasteiger partial charge in [-0.15, -0.1) is 24.0 Å². The number of hydrogen-bond acceptors (Lipinski definition) is 2. The number of hydrogen-bond donors (Lipinski definition) is 2. The second-order valence-electron chi connectivity index (χ2n) is 6.23. The summed E-state index contributed by atoms with van der Waals surface area (Å²) in [5.41, 5.74) is 1.69. The second-order valence-corrected chi connectivity index (χ2v) is 6.23. The van der Waals surface area contributed by atoms with Gasteiger partial charge in [0.2, 0.25) is 0 Å². The SMILES string of the molecule is CN=C(NCc1ccccc1F)NCc1ccccc1OCC1CC1.I. The van der Waals surface area contributed by atoms with E-state index in [0.29, 0.717) is 24.6 Å². The lowest BCUT2D eigenvalue weighted by molar-refractivity contribution is 0.296. The van der Waals surface area contributed by atoms with Crippen LogP contribution in [-0.4, -0.2) is 19.6 Å². The lowest BCUT2D eigenvalue weighted by Gasteiger charge is -2.15. The summed E-state index contributed by atoms with van der Waals surface area (Å²) < 4.78 is 19.6. The summed E-state index contributed by atoms with van der Waals surface area (Å²) in [5.74, 6) is 2.03. The van der Waals surface area contributed by atoms with Gasteiger partial charge in [0.25, 0.3) is 0 Å². The van der Waals surface area contributed by atoms with E-state index < -0.39 is 0 Å². The molecular weight excluding hydrogens is 444 g/mol. The monoisotopic (exact) mass is 469 g/mol. The fourth-order valence-corrected chi connectivity index (χ4v) is 2.50. The highest BCUT2D eigenvalue weighted by molar-refractivity contribution is 14.0. The van der Waals surface area contributed by atoms with Gasteiger partial charge in [-0.2, -0.15) is 0 Å². The van der Waals surface area contributed by atoms with Crippen LogP contribution in [0.25, 0.3) is 0 Å². The first-order valence-corrected chi connectivity index (χ1v) is 8.65. The van der Waals surface area contributed by atoms with E-state index in [1.807, 2.05) is 30.3 Å². The zero-order valence-electron chi connectivity index (χ0n) is 14.9. The fraction of sp³-hybridized carbons (Fsp3) is 0.350. The van der Waals surface area contributed by atoms with Gasteiger partial charge in [0.15, 0.2) is 5.96 Å². The Kier molecular flexibility index (Phi) is 8.15. The lowest BCUT2D eigenvalue weighted by Crippen LogP contribution is -2.36. The molecule has 0 aromatic heterocycles. The molecule has 0 saturated heterocycles. The zero-order chi connectivity index (χ0) is 17.5. The minimum atomic E-state index is -0.218. The van der Waals surface area contributed by atoms with E-state index in [-0.39, 0.29) is 29.8 Å². The largest absolute Gasteiger partial charge is 0.493 e. The minimum Gasteiger partial charge on any atom is -0.493 e. The van der Waals surface area contributed by atoms with Gasteiger partial charge in [0.05, 0.1) is 6.61 Å². The maximum atomic E-state index is 13.7. The van der Waals surface area contributed by atoms with Crippen molar-refractivity contribution in [3.8, 4) is 5.75 Å². The van der Waals surface area contributed by atoms with E-state index in [4.69, 9.17) is 4.74 Å². The Morgan fingerprint density at radius 3 is 2.31 bits per heavy atom. The Labute approximate surface area is 171 Å². The molecule has 0 spiro atoms. The highest BCUT2D eigenvalue weighted by Crippen LogP contribution is 2.30. The summed E-state index contributed by atoms with van der Waals surface area (Å²) >= 11 is 0. The summed E-state index contributed by atoms with van der Waals surface area (Å²) in [6, 6.07) is 14.7. The van der Waals surface area contributed by atoms with Crippen LogP contribution in [0, 0.1) is 11.7 Å². The van der Waals surface area contributed by atoms with Crippen LogP contribution in [0.5, 0.6) is 5.75 Å². The molecule has 140 valence electrons. The quantitative estimate of drug-likeness (QED) is 0.365. The van der Waals surface area contributed by atoms with Crippen molar-refractivity contribution in [1.82, 2.24) is 10.6 Å². The first kappa shape index (κ1) is 20.5. The summed E-state index contributed by atoms with van der Waals surface area (Å²) in [7, 11) is 1.70. The molecule has 0 unspecified atom stereocenters. The Hall–Kier alpha value is -1.83. The topological polar surface area (TPSA) is 45.7 Å². The number of para-hydroxylation sites is 1. The number of halogens is 2. The van der Waals surface area contributed by atoms with Gasteiger partial charge < -0.3 is 15.4 Å². The Morgan fingerprint density at radius 1 is 1.04 bits per heavy atom. The molecule has 1 saturated carbocycles. The van der Waals surface area contributed by atoms with E-state index in [9.17, 15) is 4.39 Å². The first-order chi connectivity index (χ1) is 12.3. The van der Waals surface area contributed by atoms with Crippen LogP contribution in [0.4, 0.5) is 4.39 Å². The molecule has 3 rings (SSSR count). The van der Waals surface area contributed by atoms with Crippen molar-refractivity contribution in [2.24, 2.45) is 10.9 Å². The smallest absolute Gasteiger partial charge is 0.191 e. The number of benzene rings is 2. The molecule has 4 nitrogen and oxygen atoms in total. The van der Waals surface area contributed by atoms with Crippen LogP contribution in [0.15, 0.2) is 53.5 Å². The van der Waals surface area contributed by atoms with E-state index in [2.05, 4.69) is 15.6 Å². The summed E-state index contributed by atoms with van der Waals surface area (Å²) in [6.07, 6.45) is 2.54. The standard InChI is InChI=1S/C20H24FN3O.HI/c1-22-20(23-12-16-6-2-4-8-18(16)21)24-13-17-7-3-5-9-19(17)25-14-15-10-11-15;/h2-9,15H,10-14H2,1H3,(H2,22,23,24);1H. The lowest BCUT2D eigenvalue weighted by atomic mass is 10.2. The summed E-state index contributed by atoms with van der Waals surface area (Å²) in [5, 5.41) is 6.39. The molecule has 1 aliphatic rings. The van der Waals surface area contributed by atoms with Gasteiger partial charge in [0.1, 0.15) is 11.6 Å². The van der Waals surface area contributed by atoms with Crippen LogP contribution in [0.1, 0.15) is 24.0 Å². The van der Waals surface area contributed by atoms with Crippen LogP contribution in [-0.2, 0) is 13.1 Å². The molecule has 0 radical (unpaired) electrons. The van der Waals surface area contributed by atoms with Gasteiger partial charge in [0, 0.05) is 31.3 Å². The Morgan fingerprint density at radius 2 is 1.65 bits per heavy atom. The van der Waals surface area contributed by atoms with E-state index in [1.165, 1.54) is 18.9 Å². The molecule has 1 aliphatic carbocycles. The van der Waals surface area contributed by atoms with Crippen molar-refractivity contribution < 1.29 is 9.13 Å². The van der Waals surface area contributed by atoms with Crippen molar-refractivity contribution in [3.63, 3.8) is 0 Å². The third kappa shape index (κ3) is 6.16. The molecule has 1 fully saturated rings. The number of guanidine groups is 1. The van der Waals surface area contributed by atoms with Crippen molar-refractivity contribution >= 4 is 29.9 Å². The van der Waals surface area contributed by atoms with Crippen LogP contribution >= 0.6 is 24.0 Å². The second kappa shape index (κ2) is 10.4. The van der Waals surface area contributed by atoms with Crippen molar-refractivity contribution in [2.75, 3.05) is 13.7 Å². The maximum absolute atomic E-state index is 13.7. The molecule has 2 aromatic rings. The molecule has 0 bridgehead atoms. The Balaban J connectivity index is 0.00000243. The van der Waals surface area contributed by atoms with Crippen LogP contribution in [0.3, 0.4) is 0 Å². The number of nitrogens with one attached hydrogen (secondary N) is 2. The molecular formula is C20H25FIN3O. The average Bonchev–Trinajstić information content (AvgIpc) is 3.46. The number of rotatable bonds is 7. The molecule has 0 atom stereocenters. The highest BCUT2D eigenvalue weighted by atomic mass is 127. The van der Waals surface area contributed by atoms with Crippen molar-refractivity contribution in [1.29, 1.82) is 0 Å². The molecule has 0 heterocycles. The van der Waals surface area contributed by atoms with E-state index in [1.54, 1.807) is 19.2 Å². The third-order valence-corrected chi connectivity index (χ3v) is 4.22. The minimum absolute atomic E-state index is 0. The van der Waals surface area contributed by atoms with Crippen molar-refractivity contribution in [2.45, 2.75) is 25.9 Å². The zero-order valence-corrected chi connectivity index (χ0v) is 17.2. The Bertz CT molecular complexity index is 735. The molecule has 26 heavy (non-hydrogen) atoms. The number of aliphatic imine (C=N–C) groups is 1. The molecule has 0 amide bonds. The van der Waals surface area contributed by atoms with Gasteiger partial charge in [-0.1, -0.05) is 36.4 Å². The fourth-order valence-electron chi connectivity index (χ4n) is 2.50. The maximum Gasteiger partial charge on any atom is 0.191 e. The highest BCUT2D eigenvalue weighted by Gasteiger charge is 2.22. The first-order valence-electron chi connectivity index (χ1n) is 8.65. The number of ether oxygens (including phenoxy) is 1. The normalized spacial score (nSPS) is 13.7. The van der Waals surface area contributed by atoms with E-state index >= 15 is 0 Å². The summed E-state index contributed by atoms with van der Waals surface area (Å²) in [4.78, 5) is 4.19. The van der Waals surface area contributed by atoms with Crippen LogP contribution < -0.4 is 15.4 Å². The van der Waals surface area contributed by atoms with Crippen molar-refractivity contribution in [3.05, 3.63) is 65.5 Å². The predicted molar refractivity (Wildman–Crippen MR) is 114 cm³/mol. The average molecular weight is 469 g/mol. The van der Waals surface area contributed by atoms with Gasteiger partial charge in [-0.05, 0) is 30.9 Å². The molecule has 0 aliphatic heterocycles. The van der Waals surface area contributed by atoms with Gasteiger partial charge in [-0.3, -0.25) is 4.99 Å². The molecule has 2 N–H and O–H groups in total. The van der Waals surface area contributed by atoms with Gasteiger partial charge >= 0.3 is 0 Å². The summed E-state index contributed by atoms with van der Waals surface area (Å²) in [6.45, 7) is 1.77. The van der Waals surface area contributed by atoms with E-state index in [0.717, 1.165) is 23.8 Å². The number of nitrogens with zero attached hydrogens (tertiary/aromatic N) is 1.